The molecule has 0 aromatic carbocycles. The van der Waals surface area contributed by atoms with Crippen LogP contribution in [0, 0.1) is 6.92 Å². The van der Waals surface area contributed by atoms with Gasteiger partial charge in [-0.1, -0.05) is 0 Å². The van der Waals surface area contributed by atoms with Gasteiger partial charge in [0, 0.05) is 37.9 Å². The summed E-state index contributed by atoms with van der Waals surface area (Å²) in [4.78, 5) is 14.4. The van der Waals surface area contributed by atoms with Crippen molar-refractivity contribution >= 4 is 18.3 Å². The summed E-state index contributed by atoms with van der Waals surface area (Å²) in [5.41, 5.74) is 1.90. The number of hydrogen-bond donors (Lipinski definition) is 1. The van der Waals surface area contributed by atoms with E-state index in [1.165, 1.54) is 0 Å². The summed E-state index contributed by atoms with van der Waals surface area (Å²) in [5.74, 6) is 0.140. The Hall–Kier alpha value is -1.00. The van der Waals surface area contributed by atoms with Crippen molar-refractivity contribution in [2.45, 2.75) is 32.9 Å². The molecular formula is C13H22ClN3O. The molecule has 1 N–H and O–H groups in total. The SMILES string of the molecule is Cc1ccc(C(=O)N2CC(C)NCC2C)n1C.Cl. The van der Waals surface area contributed by atoms with Crippen LogP contribution in [0.5, 0.6) is 0 Å². The minimum Gasteiger partial charge on any atom is -0.344 e. The average Bonchev–Trinajstić information content (AvgIpc) is 2.62. The lowest BCUT2D eigenvalue weighted by atomic mass is 10.1. The highest BCUT2D eigenvalue weighted by molar-refractivity contribution is 5.93. The van der Waals surface area contributed by atoms with Crippen LogP contribution in [0.4, 0.5) is 0 Å². The summed E-state index contributed by atoms with van der Waals surface area (Å²) in [5, 5.41) is 3.39. The predicted molar refractivity (Wildman–Crippen MR) is 75.4 cm³/mol. The van der Waals surface area contributed by atoms with E-state index >= 15 is 0 Å². The molecule has 1 aliphatic heterocycles. The van der Waals surface area contributed by atoms with Crippen LogP contribution < -0.4 is 5.32 Å². The fourth-order valence-corrected chi connectivity index (χ4v) is 2.28. The van der Waals surface area contributed by atoms with Crippen molar-refractivity contribution in [3.05, 3.63) is 23.5 Å². The van der Waals surface area contributed by atoms with E-state index in [1.807, 2.05) is 35.6 Å². The molecular weight excluding hydrogens is 250 g/mol. The second kappa shape index (κ2) is 5.76. The maximum Gasteiger partial charge on any atom is 0.270 e. The lowest BCUT2D eigenvalue weighted by Gasteiger charge is -2.37. The van der Waals surface area contributed by atoms with Crippen LogP contribution in [-0.4, -0.2) is 40.5 Å². The zero-order chi connectivity index (χ0) is 12.6. The van der Waals surface area contributed by atoms with Gasteiger partial charge in [0.05, 0.1) is 0 Å². The molecule has 4 nitrogen and oxygen atoms in total. The molecule has 1 aromatic rings. The number of aryl methyl sites for hydroxylation is 1. The average molecular weight is 272 g/mol. The van der Waals surface area contributed by atoms with Gasteiger partial charge >= 0.3 is 0 Å². The number of carbonyl (C=O) groups excluding carboxylic acids is 1. The highest BCUT2D eigenvalue weighted by Crippen LogP contribution is 2.14. The van der Waals surface area contributed by atoms with E-state index in [9.17, 15) is 4.79 Å². The lowest BCUT2D eigenvalue weighted by Crippen LogP contribution is -2.56. The molecule has 1 aromatic heterocycles. The number of carbonyl (C=O) groups is 1. The summed E-state index contributed by atoms with van der Waals surface area (Å²) >= 11 is 0. The minimum absolute atomic E-state index is 0. The fraction of sp³-hybridized carbons (Fsp3) is 0.615. The third-order valence-electron chi connectivity index (χ3n) is 3.62. The van der Waals surface area contributed by atoms with E-state index < -0.39 is 0 Å². The number of piperazine rings is 1. The second-order valence-electron chi connectivity index (χ2n) is 5.03. The molecule has 0 aliphatic carbocycles. The maximum atomic E-state index is 12.5. The smallest absolute Gasteiger partial charge is 0.270 e. The Morgan fingerprint density at radius 3 is 2.61 bits per heavy atom. The van der Waals surface area contributed by atoms with Crippen molar-refractivity contribution in [3.8, 4) is 0 Å². The van der Waals surface area contributed by atoms with Gasteiger partial charge in [0.25, 0.3) is 5.91 Å². The number of aromatic nitrogens is 1. The van der Waals surface area contributed by atoms with E-state index in [0.717, 1.165) is 24.5 Å². The van der Waals surface area contributed by atoms with Gasteiger partial charge in [0.1, 0.15) is 5.69 Å². The van der Waals surface area contributed by atoms with E-state index in [2.05, 4.69) is 19.2 Å². The summed E-state index contributed by atoms with van der Waals surface area (Å²) in [6, 6.07) is 4.53. The second-order valence-corrected chi connectivity index (χ2v) is 5.03. The number of nitrogens with zero attached hydrogens (tertiary/aromatic N) is 2. The van der Waals surface area contributed by atoms with Gasteiger partial charge in [-0.2, -0.15) is 0 Å². The van der Waals surface area contributed by atoms with Crippen molar-refractivity contribution in [2.75, 3.05) is 13.1 Å². The van der Waals surface area contributed by atoms with Crippen LogP contribution in [-0.2, 0) is 7.05 Å². The zero-order valence-electron chi connectivity index (χ0n) is 11.4. The molecule has 0 spiro atoms. The summed E-state index contributed by atoms with van der Waals surface area (Å²) in [6.45, 7) is 7.87. The minimum atomic E-state index is 0. The molecule has 1 fully saturated rings. The molecule has 2 rings (SSSR count). The molecule has 18 heavy (non-hydrogen) atoms. The quantitative estimate of drug-likeness (QED) is 0.842. The number of hydrogen-bond acceptors (Lipinski definition) is 2. The topological polar surface area (TPSA) is 37.3 Å². The zero-order valence-corrected chi connectivity index (χ0v) is 12.3. The lowest BCUT2D eigenvalue weighted by molar-refractivity contribution is 0.0606. The van der Waals surface area contributed by atoms with E-state index in [4.69, 9.17) is 0 Å². The molecule has 0 bridgehead atoms. The number of halogens is 1. The van der Waals surface area contributed by atoms with Gasteiger partial charge in [-0.05, 0) is 32.9 Å². The Morgan fingerprint density at radius 2 is 2.06 bits per heavy atom. The first-order valence-electron chi connectivity index (χ1n) is 6.17. The molecule has 2 unspecified atom stereocenters. The molecule has 1 aliphatic rings. The first kappa shape index (κ1) is 15.1. The van der Waals surface area contributed by atoms with Crippen molar-refractivity contribution in [1.29, 1.82) is 0 Å². The Balaban J connectivity index is 0.00000162. The van der Waals surface area contributed by atoms with Crippen LogP contribution in [0.3, 0.4) is 0 Å². The molecule has 0 radical (unpaired) electrons. The van der Waals surface area contributed by atoms with Gasteiger partial charge < -0.3 is 14.8 Å². The summed E-state index contributed by atoms with van der Waals surface area (Å²) in [6.07, 6.45) is 0. The molecule has 2 heterocycles. The third-order valence-corrected chi connectivity index (χ3v) is 3.62. The third kappa shape index (κ3) is 2.70. The van der Waals surface area contributed by atoms with E-state index in [1.54, 1.807) is 0 Å². The van der Waals surface area contributed by atoms with Crippen molar-refractivity contribution < 1.29 is 4.79 Å². The summed E-state index contributed by atoms with van der Waals surface area (Å²) in [7, 11) is 1.94. The van der Waals surface area contributed by atoms with Gasteiger partial charge in [-0.3, -0.25) is 4.79 Å². The normalized spacial score (nSPS) is 23.7. The number of amides is 1. The Morgan fingerprint density at radius 1 is 1.39 bits per heavy atom. The molecule has 1 saturated heterocycles. The van der Waals surface area contributed by atoms with Crippen LogP contribution >= 0.6 is 12.4 Å². The first-order chi connectivity index (χ1) is 8.00. The van der Waals surface area contributed by atoms with Crippen molar-refractivity contribution in [3.63, 3.8) is 0 Å². The van der Waals surface area contributed by atoms with Gasteiger partial charge in [0.2, 0.25) is 0 Å². The van der Waals surface area contributed by atoms with Crippen molar-refractivity contribution in [1.82, 2.24) is 14.8 Å². The fourth-order valence-electron chi connectivity index (χ4n) is 2.28. The highest BCUT2D eigenvalue weighted by Gasteiger charge is 2.28. The number of nitrogens with one attached hydrogen (secondary N) is 1. The van der Waals surface area contributed by atoms with Crippen LogP contribution in [0.15, 0.2) is 12.1 Å². The summed E-state index contributed by atoms with van der Waals surface area (Å²) < 4.78 is 1.96. The standard InChI is InChI=1S/C13H21N3O.ClH/c1-9-8-16(11(3)7-14-9)13(17)12-6-5-10(2)15(12)4;/h5-6,9,11,14H,7-8H2,1-4H3;1H. The van der Waals surface area contributed by atoms with Gasteiger partial charge in [-0.25, -0.2) is 0 Å². The van der Waals surface area contributed by atoms with E-state index in [0.29, 0.717) is 6.04 Å². The van der Waals surface area contributed by atoms with E-state index in [-0.39, 0.29) is 24.4 Å². The molecule has 0 saturated carbocycles. The number of rotatable bonds is 1. The van der Waals surface area contributed by atoms with Crippen LogP contribution in [0.25, 0.3) is 0 Å². The maximum absolute atomic E-state index is 12.5. The molecule has 2 atom stereocenters. The van der Waals surface area contributed by atoms with Gasteiger partial charge in [-0.15, -0.1) is 12.4 Å². The Labute approximate surface area is 115 Å². The van der Waals surface area contributed by atoms with Gasteiger partial charge in [0.15, 0.2) is 0 Å². The van der Waals surface area contributed by atoms with Crippen molar-refractivity contribution in [2.24, 2.45) is 7.05 Å². The van der Waals surface area contributed by atoms with Crippen LogP contribution in [0.1, 0.15) is 30.0 Å². The largest absolute Gasteiger partial charge is 0.344 e. The molecule has 5 heteroatoms. The predicted octanol–water partition coefficient (Wildman–Crippen LogP) is 1.58. The Kier molecular flexibility index (Phi) is 4.82. The molecule has 1 amide bonds. The monoisotopic (exact) mass is 271 g/mol. The van der Waals surface area contributed by atoms with Crippen LogP contribution in [0.2, 0.25) is 0 Å². The molecule has 102 valence electrons. The highest BCUT2D eigenvalue weighted by atomic mass is 35.5. The Bertz CT molecular complexity index is 430. The first-order valence-corrected chi connectivity index (χ1v) is 6.17.